The van der Waals surface area contributed by atoms with Gasteiger partial charge < -0.3 is 10.2 Å². The van der Waals surface area contributed by atoms with Crippen molar-refractivity contribution in [2.75, 3.05) is 16.8 Å². The Hall–Kier alpha value is -1.22. The van der Waals surface area contributed by atoms with Crippen molar-refractivity contribution < 1.29 is 4.79 Å². The highest BCUT2D eigenvalue weighted by atomic mass is 35.5. The number of halogens is 1. The molecule has 0 bridgehead atoms. The fraction of sp³-hybridized carbons (Fsp3) is 0.500. The predicted octanol–water partition coefficient (Wildman–Crippen LogP) is 3.43. The molecule has 1 saturated carbocycles. The molecule has 0 radical (unpaired) electrons. The zero-order valence-corrected chi connectivity index (χ0v) is 11.3. The Morgan fingerprint density at radius 3 is 2.78 bits per heavy atom. The SMILES string of the molecule is CCN1c2cccc(Cl)c2NC(=O)C12CCCC2. The fourth-order valence-electron chi connectivity index (χ4n) is 3.37. The average Bonchev–Trinajstić information content (AvgIpc) is 2.83. The molecule has 0 atom stereocenters. The molecule has 1 aromatic rings. The van der Waals surface area contributed by atoms with Crippen LogP contribution in [0, 0.1) is 0 Å². The molecule has 1 aliphatic heterocycles. The Balaban J connectivity index is 2.15. The van der Waals surface area contributed by atoms with E-state index < -0.39 is 0 Å². The van der Waals surface area contributed by atoms with Gasteiger partial charge in [0.25, 0.3) is 0 Å². The van der Waals surface area contributed by atoms with Crippen LogP contribution in [0.15, 0.2) is 18.2 Å². The smallest absolute Gasteiger partial charge is 0.250 e. The lowest BCUT2D eigenvalue weighted by Gasteiger charge is -2.45. The van der Waals surface area contributed by atoms with Crippen LogP contribution in [-0.4, -0.2) is 18.0 Å². The molecule has 0 saturated heterocycles. The summed E-state index contributed by atoms with van der Waals surface area (Å²) in [6.45, 7) is 2.93. The summed E-state index contributed by atoms with van der Waals surface area (Å²) >= 11 is 6.18. The van der Waals surface area contributed by atoms with E-state index in [1.165, 1.54) is 0 Å². The number of para-hydroxylation sites is 1. The minimum absolute atomic E-state index is 0.113. The normalized spacial score (nSPS) is 21.0. The van der Waals surface area contributed by atoms with E-state index in [2.05, 4.69) is 17.1 Å². The highest BCUT2D eigenvalue weighted by Gasteiger charge is 2.49. The maximum absolute atomic E-state index is 12.5. The molecule has 1 spiro atoms. The van der Waals surface area contributed by atoms with Crippen LogP contribution < -0.4 is 10.2 Å². The van der Waals surface area contributed by atoms with Gasteiger partial charge in [-0.05, 0) is 31.9 Å². The Labute approximate surface area is 112 Å². The number of hydrogen-bond donors (Lipinski definition) is 1. The first-order valence-corrected chi connectivity index (χ1v) is 6.94. The van der Waals surface area contributed by atoms with Crippen molar-refractivity contribution >= 4 is 28.9 Å². The summed E-state index contributed by atoms with van der Waals surface area (Å²) in [6, 6.07) is 5.81. The van der Waals surface area contributed by atoms with Gasteiger partial charge in [-0.3, -0.25) is 4.79 Å². The number of fused-ring (bicyclic) bond motifs is 1. The molecule has 0 aromatic heterocycles. The third kappa shape index (κ3) is 1.46. The van der Waals surface area contributed by atoms with Crippen molar-refractivity contribution in [2.45, 2.75) is 38.1 Å². The Morgan fingerprint density at radius 1 is 1.39 bits per heavy atom. The van der Waals surface area contributed by atoms with E-state index in [9.17, 15) is 4.79 Å². The molecular formula is C14H17ClN2O. The quantitative estimate of drug-likeness (QED) is 0.843. The number of nitrogens with one attached hydrogen (secondary N) is 1. The van der Waals surface area contributed by atoms with Crippen molar-refractivity contribution in [3.05, 3.63) is 23.2 Å². The van der Waals surface area contributed by atoms with Gasteiger partial charge in [-0.15, -0.1) is 0 Å². The second-order valence-electron chi connectivity index (χ2n) is 5.07. The van der Waals surface area contributed by atoms with E-state index in [1.54, 1.807) is 0 Å². The number of nitrogens with zero attached hydrogens (tertiary/aromatic N) is 1. The summed E-state index contributed by atoms with van der Waals surface area (Å²) in [5.74, 6) is 0.113. The second-order valence-corrected chi connectivity index (χ2v) is 5.48. The molecule has 4 heteroatoms. The molecule has 3 nitrogen and oxygen atoms in total. The fourth-order valence-corrected chi connectivity index (χ4v) is 3.59. The van der Waals surface area contributed by atoms with Crippen LogP contribution >= 0.6 is 11.6 Å². The van der Waals surface area contributed by atoms with E-state index in [0.29, 0.717) is 5.02 Å². The van der Waals surface area contributed by atoms with Crippen LogP contribution in [0.1, 0.15) is 32.6 Å². The van der Waals surface area contributed by atoms with Gasteiger partial charge in [-0.1, -0.05) is 30.5 Å². The molecule has 1 N–H and O–H groups in total. The molecule has 1 aromatic carbocycles. The summed E-state index contributed by atoms with van der Waals surface area (Å²) in [5.41, 5.74) is 1.49. The van der Waals surface area contributed by atoms with Crippen LogP contribution in [0.3, 0.4) is 0 Å². The number of carbonyl (C=O) groups is 1. The number of carbonyl (C=O) groups excluding carboxylic acids is 1. The highest BCUT2D eigenvalue weighted by Crippen LogP contribution is 2.46. The first-order chi connectivity index (χ1) is 8.69. The molecule has 96 valence electrons. The van der Waals surface area contributed by atoms with Crippen LogP contribution in [0.5, 0.6) is 0 Å². The molecule has 1 amide bonds. The van der Waals surface area contributed by atoms with Gasteiger partial charge in [0.15, 0.2) is 0 Å². The Bertz CT molecular complexity index is 495. The van der Waals surface area contributed by atoms with E-state index in [0.717, 1.165) is 43.6 Å². The van der Waals surface area contributed by atoms with E-state index in [-0.39, 0.29) is 11.4 Å². The van der Waals surface area contributed by atoms with E-state index in [1.807, 2.05) is 18.2 Å². The van der Waals surface area contributed by atoms with Crippen molar-refractivity contribution in [1.82, 2.24) is 0 Å². The number of benzene rings is 1. The lowest BCUT2D eigenvalue weighted by molar-refractivity contribution is -0.121. The Kier molecular flexibility index (Phi) is 2.74. The molecule has 2 aliphatic rings. The van der Waals surface area contributed by atoms with Gasteiger partial charge >= 0.3 is 0 Å². The maximum Gasteiger partial charge on any atom is 0.250 e. The minimum Gasteiger partial charge on any atom is -0.356 e. The highest BCUT2D eigenvalue weighted by molar-refractivity contribution is 6.35. The van der Waals surface area contributed by atoms with Crippen LogP contribution in [0.2, 0.25) is 5.02 Å². The summed E-state index contributed by atoms with van der Waals surface area (Å²) < 4.78 is 0. The lowest BCUT2D eigenvalue weighted by atomic mass is 9.90. The average molecular weight is 265 g/mol. The second kappa shape index (κ2) is 4.16. The van der Waals surface area contributed by atoms with Crippen molar-refractivity contribution in [3.8, 4) is 0 Å². The van der Waals surface area contributed by atoms with Crippen molar-refractivity contribution in [1.29, 1.82) is 0 Å². The standard InChI is InChI=1S/C14H17ClN2O/c1-2-17-11-7-5-6-10(15)12(11)16-13(18)14(17)8-3-4-9-14/h5-7H,2-4,8-9H2,1H3,(H,16,18). The molecule has 1 fully saturated rings. The van der Waals surface area contributed by atoms with Crippen LogP contribution in [0.25, 0.3) is 0 Å². The van der Waals surface area contributed by atoms with Crippen molar-refractivity contribution in [2.24, 2.45) is 0 Å². The Morgan fingerprint density at radius 2 is 2.11 bits per heavy atom. The number of rotatable bonds is 1. The number of likely N-dealkylation sites (N-methyl/N-ethyl adjacent to an activating group) is 1. The predicted molar refractivity (Wildman–Crippen MR) is 74.3 cm³/mol. The zero-order chi connectivity index (χ0) is 12.8. The van der Waals surface area contributed by atoms with Gasteiger partial charge in [-0.25, -0.2) is 0 Å². The van der Waals surface area contributed by atoms with E-state index in [4.69, 9.17) is 11.6 Å². The molecule has 1 aliphatic carbocycles. The number of hydrogen-bond acceptors (Lipinski definition) is 2. The number of amides is 1. The van der Waals surface area contributed by atoms with Gasteiger partial charge in [0.2, 0.25) is 5.91 Å². The molecule has 18 heavy (non-hydrogen) atoms. The monoisotopic (exact) mass is 264 g/mol. The molecule has 1 heterocycles. The first-order valence-electron chi connectivity index (χ1n) is 6.56. The maximum atomic E-state index is 12.5. The summed E-state index contributed by atoms with van der Waals surface area (Å²) in [5, 5.41) is 3.63. The number of anilines is 2. The van der Waals surface area contributed by atoms with Gasteiger partial charge in [0, 0.05) is 6.54 Å². The zero-order valence-electron chi connectivity index (χ0n) is 10.5. The lowest BCUT2D eigenvalue weighted by Crippen LogP contribution is -2.58. The van der Waals surface area contributed by atoms with Crippen LogP contribution in [0.4, 0.5) is 11.4 Å². The summed E-state index contributed by atoms with van der Waals surface area (Å²) in [7, 11) is 0. The van der Waals surface area contributed by atoms with Crippen molar-refractivity contribution in [3.63, 3.8) is 0 Å². The minimum atomic E-state index is -0.341. The molecular weight excluding hydrogens is 248 g/mol. The molecule has 0 unspecified atom stereocenters. The summed E-state index contributed by atoms with van der Waals surface area (Å²) in [4.78, 5) is 14.7. The topological polar surface area (TPSA) is 32.3 Å². The van der Waals surface area contributed by atoms with Crippen LogP contribution in [-0.2, 0) is 4.79 Å². The third-order valence-electron chi connectivity index (χ3n) is 4.21. The molecule has 3 rings (SSSR count). The third-order valence-corrected chi connectivity index (χ3v) is 4.52. The van der Waals surface area contributed by atoms with Gasteiger partial charge in [0.05, 0.1) is 16.4 Å². The largest absolute Gasteiger partial charge is 0.356 e. The summed E-state index contributed by atoms with van der Waals surface area (Å²) in [6.07, 6.45) is 4.14. The van der Waals surface area contributed by atoms with Gasteiger partial charge in [0.1, 0.15) is 5.54 Å². The van der Waals surface area contributed by atoms with E-state index >= 15 is 0 Å². The van der Waals surface area contributed by atoms with Gasteiger partial charge in [-0.2, -0.15) is 0 Å². The first kappa shape index (κ1) is 11.8.